The summed E-state index contributed by atoms with van der Waals surface area (Å²) in [4.78, 5) is 36.5. The van der Waals surface area contributed by atoms with E-state index in [2.05, 4.69) is 28.8 Å². The number of carbonyl (C=O) groups excluding carboxylic acids is 3. The van der Waals surface area contributed by atoms with Crippen LogP contribution >= 0.6 is 23.5 Å². The first kappa shape index (κ1) is 21.6. The van der Waals surface area contributed by atoms with E-state index in [1.54, 1.807) is 31.2 Å². The van der Waals surface area contributed by atoms with E-state index in [0.29, 0.717) is 27.2 Å². The Morgan fingerprint density at radius 3 is 2.27 bits per heavy atom. The Morgan fingerprint density at radius 1 is 1.10 bits per heavy atom. The fraction of sp³-hybridized carbons (Fsp3) is 0.591. The molecule has 1 aromatic rings. The molecular weight excluding hydrogens is 420 g/mol. The molecule has 1 heterocycles. The van der Waals surface area contributed by atoms with Crippen LogP contribution in [0.4, 0.5) is 5.69 Å². The van der Waals surface area contributed by atoms with Crippen molar-refractivity contribution in [1.29, 1.82) is 0 Å². The van der Waals surface area contributed by atoms with Crippen LogP contribution in [0.25, 0.3) is 0 Å². The highest BCUT2D eigenvalue weighted by atomic mass is 32.2. The fourth-order valence-corrected chi connectivity index (χ4v) is 9.02. The number of hydrogen-bond donors (Lipinski definition) is 2. The highest BCUT2D eigenvalue weighted by molar-refractivity contribution is 8.21. The Balaban J connectivity index is 1.33. The number of rotatable bonds is 5. The van der Waals surface area contributed by atoms with Gasteiger partial charge in [0.15, 0.2) is 6.10 Å². The monoisotopic (exact) mass is 448 g/mol. The van der Waals surface area contributed by atoms with Crippen LogP contribution in [0.1, 0.15) is 49.4 Å². The molecule has 1 aromatic carbocycles. The maximum Gasteiger partial charge on any atom is 0.309 e. The van der Waals surface area contributed by atoms with Gasteiger partial charge in [0.25, 0.3) is 5.91 Å². The first-order valence-electron chi connectivity index (χ1n) is 10.6. The quantitative estimate of drug-likeness (QED) is 0.667. The van der Waals surface area contributed by atoms with Crippen LogP contribution in [0.15, 0.2) is 24.3 Å². The lowest BCUT2D eigenvalue weighted by Gasteiger charge is -2.51. The van der Waals surface area contributed by atoms with Crippen molar-refractivity contribution in [2.75, 3.05) is 16.8 Å². The minimum Gasteiger partial charge on any atom is -0.452 e. The van der Waals surface area contributed by atoms with Crippen LogP contribution in [-0.2, 0) is 14.3 Å². The lowest BCUT2D eigenvalue weighted by atomic mass is 9.67. The van der Waals surface area contributed by atoms with Gasteiger partial charge < -0.3 is 15.8 Å². The smallest absolute Gasteiger partial charge is 0.309 e. The molecular formula is C22H28N2O4S2. The number of thioether (sulfide) groups is 2. The second-order valence-corrected chi connectivity index (χ2v) is 11.4. The van der Waals surface area contributed by atoms with Crippen molar-refractivity contribution in [1.82, 2.24) is 0 Å². The Hall–Kier alpha value is -1.67. The van der Waals surface area contributed by atoms with E-state index in [0.717, 1.165) is 12.8 Å². The zero-order chi connectivity index (χ0) is 21.3. The van der Waals surface area contributed by atoms with Gasteiger partial charge in [-0.15, -0.1) is 23.5 Å². The summed E-state index contributed by atoms with van der Waals surface area (Å²) in [7, 11) is 0. The summed E-state index contributed by atoms with van der Waals surface area (Å²) in [6.07, 6.45) is 4.51. The SMILES string of the molecule is C[C@H](OC(=O)C1C[C@H]2CCC[C@@H](C1)C21SCCS1)C(=O)Nc1ccc(C(N)=O)cc1. The van der Waals surface area contributed by atoms with Crippen LogP contribution in [-0.4, -0.2) is 39.5 Å². The lowest BCUT2D eigenvalue weighted by molar-refractivity contribution is -0.159. The summed E-state index contributed by atoms with van der Waals surface area (Å²) in [6, 6.07) is 6.30. The number of amides is 2. The number of ether oxygens (including phenoxy) is 1. The van der Waals surface area contributed by atoms with E-state index in [-0.39, 0.29) is 17.8 Å². The van der Waals surface area contributed by atoms with Gasteiger partial charge in [-0.25, -0.2) is 0 Å². The number of carbonyl (C=O) groups is 3. The highest BCUT2D eigenvalue weighted by Crippen LogP contribution is 2.64. The molecule has 3 N–H and O–H groups in total. The van der Waals surface area contributed by atoms with Crippen molar-refractivity contribution in [2.24, 2.45) is 23.5 Å². The van der Waals surface area contributed by atoms with Crippen LogP contribution in [0.2, 0.25) is 0 Å². The summed E-state index contributed by atoms with van der Waals surface area (Å²) in [5.74, 6) is 2.28. The van der Waals surface area contributed by atoms with Gasteiger partial charge in [0, 0.05) is 22.8 Å². The van der Waals surface area contributed by atoms with Crippen molar-refractivity contribution in [2.45, 2.75) is 49.2 Å². The van der Waals surface area contributed by atoms with Crippen molar-refractivity contribution in [3.05, 3.63) is 29.8 Å². The molecule has 1 unspecified atom stereocenters. The molecule has 4 rings (SSSR count). The molecule has 30 heavy (non-hydrogen) atoms. The number of esters is 1. The number of benzene rings is 1. The second-order valence-electron chi connectivity index (χ2n) is 8.42. The number of nitrogens with two attached hydrogens (primary N) is 1. The average Bonchev–Trinajstić information content (AvgIpc) is 3.17. The van der Waals surface area contributed by atoms with Crippen molar-refractivity contribution >= 4 is 47.0 Å². The molecule has 6 nitrogen and oxygen atoms in total. The third-order valence-corrected chi connectivity index (χ3v) is 10.6. The summed E-state index contributed by atoms with van der Waals surface area (Å²) in [5, 5.41) is 2.72. The third-order valence-electron chi connectivity index (χ3n) is 6.55. The number of primary amides is 1. The molecule has 1 aliphatic heterocycles. The molecule has 2 bridgehead atoms. The molecule has 2 aliphatic carbocycles. The molecule has 1 saturated heterocycles. The van der Waals surface area contributed by atoms with Gasteiger partial charge >= 0.3 is 5.97 Å². The molecule has 4 atom stereocenters. The minimum absolute atomic E-state index is 0.113. The van der Waals surface area contributed by atoms with Gasteiger partial charge in [-0.3, -0.25) is 14.4 Å². The Bertz CT molecular complexity index is 807. The highest BCUT2D eigenvalue weighted by Gasteiger charge is 2.55. The standard InChI is InChI=1S/C22H28N2O4S2/c1-13(20(26)24-18-7-5-14(6-8-18)19(23)25)28-21(27)15-11-16-3-2-4-17(12-15)22(16)29-9-10-30-22/h5-8,13,15-17H,2-4,9-12H2,1H3,(H2,23,25)(H,24,26)/t13-,15?,16-,17+/m0/s1. The molecule has 3 fully saturated rings. The molecule has 1 spiro atoms. The Labute approximate surface area is 185 Å². The van der Waals surface area contributed by atoms with Crippen molar-refractivity contribution in [3.8, 4) is 0 Å². The van der Waals surface area contributed by atoms with Gasteiger partial charge in [0.2, 0.25) is 5.91 Å². The van der Waals surface area contributed by atoms with Gasteiger partial charge in [0.1, 0.15) is 0 Å². The molecule has 2 amide bonds. The minimum atomic E-state index is -0.876. The fourth-order valence-electron chi connectivity index (χ4n) is 5.09. The predicted octanol–water partition coefficient (Wildman–Crippen LogP) is 3.66. The van der Waals surface area contributed by atoms with Gasteiger partial charge in [-0.1, -0.05) is 6.42 Å². The Morgan fingerprint density at radius 2 is 1.70 bits per heavy atom. The molecule has 0 aromatic heterocycles. The number of nitrogens with one attached hydrogen (secondary N) is 1. The summed E-state index contributed by atoms with van der Waals surface area (Å²) < 4.78 is 5.88. The zero-order valence-electron chi connectivity index (χ0n) is 17.1. The van der Waals surface area contributed by atoms with E-state index < -0.39 is 12.0 Å². The zero-order valence-corrected chi connectivity index (χ0v) is 18.7. The van der Waals surface area contributed by atoms with Gasteiger partial charge in [-0.2, -0.15) is 0 Å². The predicted molar refractivity (Wildman–Crippen MR) is 120 cm³/mol. The van der Waals surface area contributed by atoms with E-state index in [4.69, 9.17) is 10.5 Å². The first-order chi connectivity index (χ1) is 14.4. The molecule has 162 valence electrons. The van der Waals surface area contributed by atoms with Crippen LogP contribution < -0.4 is 11.1 Å². The summed E-state index contributed by atoms with van der Waals surface area (Å²) in [5.41, 5.74) is 6.12. The van der Waals surface area contributed by atoms with E-state index >= 15 is 0 Å². The molecule has 8 heteroatoms. The Kier molecular flexibility index (Phi) is 6.34. The maximum absolute atomic E-state index is 12.9. The van der Waals surface area contributed by atoms with Crippen molar-refractivity contribution in [3.63, 3.8) is 0 Å². The van der Waals surface area contributed by atoms with E-state index in [1.165, 1.54) is 30.8 Å². The third kappa shape index (κ3) is 4.21. The molecule has 2 saturated carbocycles. The average molecular weight is 449 g/mol. The van der Waals surface area contributed by atoms with E-state index in [9.17, 15) is 14.4 Å². The van der Waals surface area contributed by atoms with Crippen LogP contribution in [0.5, 0.6) is 0 Å². The van der Waals surface area contributed by atoms with E-state index in [1.807, 2.05) is 0 Å². The maximum atomic E-state index is 12.9. The van der Waals surface area contributed by atoms with Crippen LogP contribution in [0, 0.1) is 17.8 Å². The topological polar surface area (TPSA) is 98.5 Å². The normalized spacial score (nSPS) is 28.0. The molecule has 0 radical (unpaired) electrons. The second kappa shape index (κ2) is 8.83. The van der Waals surface area contributed by atoms with Crippen LogP contribution in [0.3, 0.4) is 0 Å². The molecule has 3 aliphatic rings. The largest absolute Gasteiger partial charge is 0.452 e. The van der Waals surface area contributed by atoms with Gasteiger partial charge in [0.05, 0.1) is 10.00 Å². The summed E-state index contributed by atoms with van der Waals surface area (Å²) in [6.45, 7) is 1.60. The number of anilines is 1. The number of hydrogen-bond acceptors (Lipinski definition) is 6. The first-order valence-corrected chi connectivity index (χ1v) is 12.6. The summed E-state index contributed by atoms with van der Waals surface area (Å²) >= 11 is 4.22. The van der Waals surface area contributed by atoms with Crippen molar-refractivity contribution < 1.29 is 19.1 Å². The lowest BCUT2D eigenvalue weighted by Crippen LogP contribution is -2.48. The van der Waals surface area contributed by atoms with Gasteiger partial charge in [-0.05, 0) is 68.7 Å².